The van der Waals surface area contributed by atoms with Crippen LogP contribution in [0, 0.1) is 12.8 Å². The number of anilines is 1. The predicted molar refractivity (Wildman–Crippen MR) is 109 cm³/mol. The number of halogens is 2. The van der Waals surface area contributed by atoms with Crippen LogP contribution in [0.4, 0.5) is 14.6 Å². The molecule has 1 atom stereocenters. The Morgan fingerprint density at radius 1 is 1.41 bits per heavy atom. The van der Waals surface area contributed by atoms with E-state index in [0.717, 1.165) is 24.2 Å². The second-order valence-corrected chi connectivity index (χ2v) is 9.16. The maximum absolute atomic E-state index is 13.8. The third-order valence-electron chi connectivity index (χ3n) is 4.79. The molecule has 0 aliphatic heterocycles. The number of alkyl halides is 2. The minimum absolute atomic E-state index is 0.0587. The van der Waals surface area contributed by atoms with Gasteiger partial charge in [-0.1, -0.05) is 0 Å². The highest BCUT2D eigenvalue weighted by Crippen LogP contribution is 2.38. The first-order chi connectivity index (χ1) is 13.5. The summed E-state index contributed by atoms with van der Waals surface area (Å²) in [5.74, 6) is 0.545. The molecular formula is C20H26F2N4O2S. The van der Waals surface area contributed by atoms with Gasteiger partial charge in [0.05, 0.1) is 16.2 Å². The molecule has 0 radical (unpaired) electrons. The van der Waals surface area contributed by atoms with Gasteiger partial charge in [-0.25, -0.2) is 18.7 Å². The van der Waals surface area contributed by atoms with Crippen molar-refractivity contribution in [2.45, 2.75) is 58.6 Å². The molecule has 3 rings (SSSR count). The summed E-state index contributed by atoms with van der Waals surface area (Å²) >= 11 is 1.04. The van der Waals surface area contributed by atoms with Gasteiger partial charge in [0.15, 0.2) is 5.01 Å². The van der Waals surface area contributed by atoms with E-state index in [1.807, 2.05) is 6.92 Å². The van der Waals surface area contributed by atoms with E-state index in [0.29, 0.717) is 22.3 Å². The number of carbonyl (C=O) groups excluding carboxylic acids is 1. The maximum atomic E-state index is 13.8. The zero-order chi connectivity index (χ0) is 21.3. The Hall–Kier alpha value is -2.13. The van der Waals surface area contributed by atoms with Crippen LogP contribution in [0.25, 0.3) is 10.4 Å². The van der Waals surface area contributed by atoms with Gasteiger partial charge in [-0.15, -0.1) is 11.3 Å². The van der Waals surface area contributed by atoms with Crippen molar-refractivity contribution in [1.29, 1.82) is 0 Å². The number of aromatic nitrogens is 2. The monoisotopic (exact) mass is 424 g/mol. The Bertz CT molecular complexity index is 891. The van der Waals surface area contributed by atoms with E-state index in [9.17, 15) is 18.7 Å². The molecule has 6 nitrogen and oxygen atoms in total. The molecule has 0 saturated heterocycles. The molecule has 0 bridgehead atoms. The first-order valence-electron chi connectivity index (χ1n) is 9.58. The predicted octanol–water partition coefficient (Wildman–Crippen LogP) is 4.16. The zero-order valence-electron chi connectivity index (χ0n) is 16.9. The number of nitrogens with one attached hydrogen (secondary N) is 2. The van der Waals surface area contributed by atoms with E-state index in [-0.39, 0.29) is 28.7 Å². The van der Waals surface area contributed by atoms with E-state index in [1.54, 1.807) is 20.8 Å². The number of hydrogen-bond donors (Lipinski definition) is 3. The number of aryl methyl sites for hydroxylation is 1. The van der Waals surface area contributed by atoms with E-state index < -0.39 is 17.9 Å². The van der Waals surface area contributed by atoms with Crippen LogP contribution in [0.1, 0.15) is 61.1 Å². The summed E-state index contributed by atoms with van der Waals surface area (Å²) in [4.78, 5) is 21.3. The van der Waals surface area contributed by atoms with Crippen molar-refractivity contribution < 1.29 is 18.7 Å². The standard InChI is InChI=1S/C20H26F2N4O2S/c1-10(12-5-6-12)25-15-7-13(17(21)22)14(8-23-15)16-11(2)26-19(29-16)18(27)24-9-20(3,4)28/h7-8,10,12,17,28H,5-6,9H2,1-4H3,(H,23,25)(H,24,27). The molecule has 1 fully saturated rings. The van der Waals surface area contributed by atoms with Crippen molar-refractivity contribution >= 4 is 23.1 Å². The van der Waals surface area contributed by atoms with Crippen molar-refractivity contribution in [3.05, 3.63) is 28.5 Å². The lowest BCUT2D eigenvalue weighted by Crippen LogP contribution is -2.38. The van der Waals surface area contributed by atoms with Crippen LogP contribution in [0.5, 0.6) is 0 Å². The molecule has 1 aliphatic rings. The Kier molecular flexibility index (Phi) is 6.19. The quantitative estimate of drug-likeness (QED) is 0.592. The van der Waals surface area contributed by atoms with Gasteiger partial charge in [0, 0.05) is 29.9 Å². The Balaban J connectivity index is 1.85. The third-order valence-corrected chi connectivity index (χ3v) is 5.98. The Morgan fingerprint density at radius 2 is 2.10 bits per heavy atom. The highest BCUT2D eigenvalue weighted by Gasteiger charge is 2.29. The van der Waals surface area contributed by atoms with Gasteiger partial charge in [0.2, 0.25) is 0 Å². The van der Waals surface area contributed by atoms with E-state index in [2.05, 4.69) is 20.6 Å². The highest BCUT2D eigenvalue weighted by atomic mass is 32.1. The minimum Gasteiger partial charge on any atom is -0.389 e. The summed E-state index contributed by atoms with van der Waals surface area (Å²) in [5.41, 5.74) is -0.432. The fraction of sp³-hybridized carbons (Fsp3) is 0.550. The number of hydrogen-bond acceptors (Lipinski definition) is 6. The highest BCUT2D eigenvalue weighted by molar-refractivity contribution is 7.17. The summed E-state index contributed by atoms with van der Waals surface area (Å²) < 4.78 is 27.5. The van der Waals surface area contributed by atoms with Crippen LogP contribution >= 0.6 is 11.3 Å². The molecule has 9 heteroatoms. The van der Waals surface area contributed by atoms with Gasteiger partial charge in [-0.2, -0.15) is 0 Å². The molecule has 0 spiro atoms. The van der Waals surface area contributed by atoms with Gasteiger partial charge in [0.1, 0.15) is 5.82 Å². The molecule has 1 amide bonds. The third kappa shape index (κ3) is 5.48. The summed E-state index contributed by atoms with van der Waals surface area (Å²) in [5, 5.41) is 15.7. The lowest BCUT2D eigenvalue weighted by Gasteiger charge is -2.16. The zero-order valence-corrected chi connectivity index (χ0v) is 17.7. The first kappa shape index (κ1) is 21.6. The topological polar surface area (TPSA) is 87.1 Å². The van der Waals surface area contributed by atoms with E-state index >= 15 is 0 Å². The number of amides is 1. The summed E-state index contributed by atoms with van der Waals surface area (Å²) in [6.07, 6.45) is 1.03. The summed E-state index contributed by atoms with van der Waals surface area (Å²) in [6, 6.07) is 1.57. The Labute approximate surface area is 172 Å². The lowest BCUT2D eigenvalue weighted by atomic mass is 10.1. The largest absolute Gasteiger partial charge is 0.389 e. The molecule has 29 heavy (non-hydrogen) atoms. The van der Waals surface area contributed by atoms with Crippen molar-refractivity contribution in [2.24, 2.45) is 5.92 Å². The normalized spacial score (nSPS) is 15.4. The lowest BCUT2D eigenvalue weighted by molar-refractivity contribution is 0.0694. The number of carbonyl (C=O) groups is 1. The molecule has 2 aromatic heterocycles. The number of thiazole rings is 1. The number of aliphatic hydroxyl groups is 1. The van der Waals surface area contributed by atoms with Gasteiger partial charge in [-0.05, 0) is 52.5 Å². The van der Waals surface area contributed by atoms with Crippen LogP contribution in [-0.2, 0) is 0 Å². The van der Waals surface area contributed by atoms with Crippen LogP contribution < -0.4 is 10.6 Å². The van der Waals surface area contributed by atoms with Crippen LogP contribution in [0.15, 0.2) is 12.3 Å². The maximum Gasteiger partial charge on any atom is 0.280 e. The fourth-order valence-electron chi connectivity index (χ4n) is 2.98. The summed E-state index contributed by atoms with van der Waals surface area (Å²) in [7, 11) is 0. The molecule has 1 saturated carbocycles. The van der Waals surface area contributed by atoms with Gasteiger partial charge < -0.3 is 15.7 Å². The molecule has 2 heterocycles. The van der Waals surface area contributed by atoms with Gasteiger partial charge in [-0.3, -0.25) is 4.79 Å². The van der Waals surface area contributed by atoms with Crippen LogP contribution in [0.3, 0.4) is 0 Å². The molecule has 0 aromatic carbocycles. The number of nitrogens with zero attached hydrogens (tertiary/aromatic N) is 2. The first-order valence-corrected chi connectivity index (χ1v) is 10.4. The Morgan fingerprint density at radius 3 is 2.69 bits per heavy atom. The smallest absolute Gasteiger partial charge is 0.280 e. The second-order valence-electron chi connectivity index (χ2n) is 8.16. The second kappa shape index (κ2) is 8.31. The van der Waals surface area contributed by atoms with Crippen LogP contribution in [0.2, 0.25) is 0 Å². The SMILES string of the molecule is Cc1nc(C(=O)NCC(C)(C)O)sc1-c1cnc(NC(C)C2CC2)cc1C(F)F. The van der Waals surface area contributed by atoms with Crippen LogP contribution in [-0.4, -0.2) is 39.2 Å². The molecule has 2 aromatic rings. The average molecular weight is 425 g/mol. The van der Waals surface area contributed by atoms with Crippen molar-refractivity contribution in [1.82, 2.24) is 15.3 Å². The van der Waals surface area contributed by atoms with Gasteiger partial charge >= 0.3 is 0 Å². The molecule has 1 aliphatic carbocycles. The van der Waals surface area contributed by atoms with Crippen molar-refractivity contribution in [3.63, 3.8) is 0 Å². The molecule has 158 valence electrons. The number of rotatable bonds is 8. The number of pyridine rings is 1. The van der Waals surface area contributed by atoms with Crippen molar-refractivity contribution in [2.75, 3.05) is 11.9 Å². The molecular weight excluding hydrogens is 398 g/mol. The van der Waals surface area contributed by atoms with E-state index in [4.69, 9.17) is 0 Å². The molecule has 3 N–H and O–H groups in total. The summed E-state index contributed by atoms with van der Waals surface area (Å²) in [6.45, 7) is 6.91. The van der Waals surface area contributed by atoms with Gasteiger partial charge in [0.25, 0.3) is 12.3 Å². The minimum atomic E-state index is -2.68. The average Bonchev–Trinajstić information content (AvgIpc) is 3.41. The van der Waals surface area contributed by atoms with E-state index in [1.165, 1.54) is 12.3 Å². The van der Waals surface area contributed by atoms with Crippen molar-refractivity contribution in [3.8, 4) is 10.4 Å². The fourth-order valence-corrected chi connectivity index (χ4v) is 4.00. The molecule has 1 unspecified atom stereocenters.